The van der Waals surface area contributed by atoms with Crippen molar-refractivity contribution in [2.45, 2.75) is 25.3 Å². The molecule has 3 aromatic rings. The Morgan fingerprint density at radius 3 is 2.66 bits per heavy atom. The number of hydrogen-bond acceptors (Lipinski definition) is 4. The Morgan fingerprint density at radius 1 is 1.22 bits per heavy atom. The first-order valence-corrected chi connectivity index (χ1v) is 11.1. The summed E-state index contributed by atoms with van der Waals surface area (Å²) in [6, 6.07) is 10.9. The molecule has 1 fully saturated rings. The lowest BCUT2D eigenvalue weighted by molar-refractivity contribution is 0.0599. The molecule has 4 rings (SSSR count). The van der Waals surface area contributed by atoms with Crippen LogP contribution in [-0.2, 0) is 28.5 Å². The van der Waals surface area contributed by atoms with Crippen LogP contribution in [0.5, 0.6) is 0 Å². The number of aromatic nitrogens is 1. The fourth-order valence-electron chi connectivity index (χ4n) is 4.30. The van der Waals surface area contributed by atoms with Crippen LogP contribution in [0.25, 0.3) is 10.9 Å². The average molecular weight is 475 g/mol. The predicted octanol–water partition coefficient (Wildman–Crippen LogP) is 4.88. The van der Waals surface area contributed by atoms with Crippen LogP contribution < -0.4 is 5.32 Å². The van der Waals surface area contributed by atoms with E-state index >= 15 is 0 Å². The van der Waals surface area contributed by atoms with Crippen LogP contribution in [0, 0.1) is 0 Å². The zero-order chi connectivity index (χ0) is 23.0. The van der Waals surface area contributed by atoms with Crippen molar-refractivity contribution in [3.8, 4) is 0 Å². The number of aryl methyl sites for hydroxylation is 2. The number of carbonyl (C=O) groups is 2. The molecule has 0 saturated carbocycles. The van der Waals surface area contributed by atoms with E-state index in [4.69, 9.17) is 32.7 Å². The molecule has 0 bridgehead atoms. The van der Waals surface area contributed by atoms with E-state index in [9.17, 15) is 9.59 Å². The third-order valence-corrected chi connectivity index (χ3v) is 6.98. The quantitative estimate of drug-likeness (QED) is 0.534. The van der Waals surface area contributed by atoms with E-state index in [1.807, 2.05) is 32.2 Å². The number of benzene rings is 2. The van der Waals surface area contributed by atoms with Crippen molar-refractivity contribution in [1.82, 2.24) is 9.88 Å². The molecule has 168 valence electrons. The Labute approximate surface area is 196 Å². The number of carbonyl (C=O) groups excluding carboxylic acids is 2. The fraction of sp³-hybridized carbons (Fsp3) is 0.333. The standard InChI is InChI=1S/C24H24Cl2N2O4/c1-4-14-11-15(5-6-16(14)23(30)31-3)24(9-10-32-13-24)27-22(29)20-12-17-19(28(20)2)8-7-18(25)21(17)26/h5-8,11-12H,4,9-10,13H2,1-3H3,(H,27,29). The monoisotopic (exact) mass is 474 g/mol. The highest BCUT2D eigenvalue weighted by Gasteiger charge is 2.39. The van der Waals surface area contributed by atoms with Crippen molar-refractivity contribution < 1.29 is 19.1 Å². The number of ether oxygens (including phenoxy) is 2. The van der Waals surface area contributed by atoms with Crippen molar-refractivity contribution in [3.05, 3.63) is 68.8 Å². The van der Waals surface area contributed by atoms with Gasteiger partial charge in [0.2, 0.25) is 0 Å². The summed E-state index contributed by atoms with van der Waals surface area (Å²) in [5.74, 6) is -0.614. The molecule has 1 unspecified atom stereocenters. The van der Waals surface area contributed by atoms with Gasteiger partial charge in [0.25, 0.3) is 5.91 Å². The molecule has 1 saturated heterocycles. The molecule has 1 amide bonds. The number of fused-ring (bicyclic) bond motifs is 1. The van der Waals surface area contributed by atoms with Gasteiger partial charge in [0.05, 0.1) is 34.9 Å². The maximum Gasteiger partial charge on any atom is 0.338 e. The van der Waals surface area contributed by atoms with Crippen LogP contribution in [-0.4, -0.2) is 36.8 Å². The predicted molar refractivity (Wildman–Crippen MR) is 125 cm³/mol. The summed E-state index contributed by atoms with van der Waals surface area (Å²) in [4.78, 5) is 25.5. The minimum absolute atomic E-state index is 0.239. The van der Waals surface area contributed by atoms with Gasteiger partial charge in [0.15, 0.2) is 0 Å². The van der Waals surface area contributed by atoms with E-state index < -0.39 is 5.54 Å². The van der Waals surface area contributed by atoms with E-state index in [0.717, 1.165) is 22.0 Å². The number of esters is 1. The molecular formula is C24H24Cl2N2O4. The van der Waals surface area contributed by atoms with Gasteiger partial charge in [-0.3, -0.25) is 4.79 Å². The van der Waals surface area contributed by atoms with E-state index in [1.165, 1.54) is 7.11 Å². The van der Waals surface area contributed by atoms with Crippen molar-refractivity contribution in [2.24, 2.45) is 7.05 Å². The van der Waals surface area contributed by atoms with Gasteiger partial charge in [-0.15, -0.1) is 0 Å². The van der Waals surface area contributed by atoms with Crippen molar-refractivity contribution >= 4 is 46.0 Å². The van der Waals surface area contributed by atoms with Crippen LogP contribution in [0.4, 0.5) is 0 Å². The molecule has 1 aromatic heterocycles. The van der Waals surface area contributed by atoms with Gasteiger partial charge in [0.1, 0.15) is 5.69 Å². The molecule has 1 atom stereocenters. The lowest BCUT2D eigenvalue weighted by Crippen LogP contribution is -2.47. The molecule has 0 spiro atoms. The van der Waals surface area contributed by atoms with Gasteiger partial charge >= 0.3 is 5.97 Å². The summed E-state index contributed by atoms with van der Waals surface area (Å²) < 4.78 is 12.4. The summed E-state index contributed by atoms with van der Waals surface area (Å²) in [6.07, 6.45) is 1.28. The zero-order valence-electron chi connectivity index (χ0n) is 18.1. The Kier molecular flexibility index (Phi) is 6.21. The van der Waals surface area contributed by atoms with Gasteiger partial charge in [-0.25, -0.2) is 4.79 Å². The fourth-order valence-corrected chi connectivity index (χ4v) is 4.68. The second kappa shape index (κ2) is 8.77. The van der Waals surface area contributed by atoms with Gasteiger partial charge < -0.3 is 19.4 Å². The Balaban J connectivity index is 1.72. The largest absolute Gasteiger partial charge is 0.465 e. The molecule has 0 aliphatic carbocycles. The molecular weight excluding hydrogens is 451 g/mol. The molecule has 2 aromatic carbocycles. The number of nitrogens with zero attached hydrogens (tertiary/aromatic N) is 1. The van der Waals surface area contributed by atoms with Crippen LogP contribution in [0.15, 0.2) is 36.4 Å². The van der Waals surface area contributed by atoms with Crippen molar-refractivity contribution in [3.63, 3.8) is 0 Å². The first-order chi connectivity index (χ1) is 15.3. The third kappa shape index (κ3) is 3.76. The third-order valence-electron chi connectivity index (χ3n) is 6.16. The highest BCUT2D eigenvalue weighted by Crippen LogP contribution is 2.35. The summed E-state index contributed by atoms with van der Waals surface area (Å²) in [6.45, 7) is 2.85. The molecule has 2 heterocycles. The average Bonchev–Trinajstić information content (AvgIpc) is 3.41. The maximum absolute atomic E-state index is 13.4. The normalized spacial score (nSPS) is 18.2. The van der Waals surface area contributed by atoms with Gasteiger partial charge in [-0.05, 0) is 41.8 Å². The first-order valence-electron chi connectivity index (χ1n) is 10.4. The first kappa shape index (κ1) is 22.6. The van der Waals surface area contributed by atoms with E-state index in [0.29, 0.717) is 47.4 Å². The summed E-state index contributed by atoms with van der Waals surface area (Å²) in [7, 11) is 3.19. The van der Waals surface area contributed by atoms with Crippen LogP contribution in [0.2, 0.25) is 10.0 Å². The molecule has 1 aliphatic heterocycles. The molecule has 32 heavy (non-hydrogen) atoms. The minimum Gasteiger partial charge on any atom is -0.465 e. The Morgan fingerprint density at radius 2 is 2.00 bits per heavy atom. The minimum atomic E-state index is -0.701. The van der Waals surface area contributed by atoms with Crippen LogP contribution in [0.3, 0.4) is 0 Å². The number of nitrogens with one attached hydrogen (secondary N) is 1. The lowest BCUT2D eigenvalue weighted by atomic mass is 9.86. The maximum atomic E-state index is 13.4. The highest BCUT2D eigenvalue weighted by atomic mass is 35.5. The SMILES string of the molecule is CCc1cc(C2(NC(=O)c3cc4c(Cl)c(Cl)ccc4n3C)CCOC2)ccc1C(=O)OC. The van der Waals surface area contributed by atoms with E-state index in [1.54, 1.807) is 22.8 Å². The molecule has 6 nitrogen and oxygen atoms in total. The number of rotatable bonds is 5. The van der Waals surface area contributed by atoms with Crippen molar-refractivity contribution in [2.75, 3.05) is 20.3 Å². The molecule has 8 heteroatoms. The van der Waals surface area contributed by atoms with Gasteiger partial charge in [-0.2, -0.15) is 0 Å². The second-order valence-electron chi connectivity index (χ2n) is 7.94. The molecule has 1 aliphatic rings. The Bertz CT molecular complexity index is 1210. The van der Waals surface area contributed by atoms with Crippen molar-refractivity contribution in [1.29, 1.82) is 0 Å². The second-order valence-corrected chi connectivity index (χ2v) is 8.72. The molecule has 0 radical (unpaired) electrons. The van der Waals surface area contributed by atoms with E-state index in [-0.39, 0.29) is 11.9 Å². The summed E-state index contributed by atoms with van der Waals surface area (Å²) in [5.41, 5.74) is 2.87. The molecule has 1 N–H and O–H groups in total. The Hall–Kier alpha value is -2.54. The zero-order valence-corrected chi connectivity index (χ0v) is 19.6. The van der Waals surface area contributed by atoms with Gasteiger partial charge in [0, 0.05) is 31.0 Å². The number of halogens is 2. The topological polar surface area (TPSA) is 69.6 Å². The van der Waals surface area contributed by atoms with E-state index in [2.05, 4.69) is 5.32 Å². The number of hydrogen-bond donors (Lipinski definition) is 1. The van der Waals surface area contributed by atoms with Gasteiger partial charge in [-0.1, -0.05) is 42.3 Å². The van der Waals surface area contributed by atoms with Crippen LogP contribution in [0.1, 0.15) is 45.3 Å². The summed E-state index contributed by atoms with van der Waals surface area (Å²) in [5, 5.41) is 4.78. The number of methoxy groups -OCH3 is 1. The smallest absolute Gasteiger partial charge is 0.338 e. The number of amides is 1. The summed E-state index contributed by atoms with van der Waals surface area (Å²) >= 11 is 12.5. The highest BCUT2D eigenvalue weighted by molar-refractivity contribution is 6.45. The van der Waals surface area contributed by atoms with Crippen LogP contribution >= 0.6 is 23.2 Å². The lowest BCUT2D eigenvalue weighted by Gasteiger charge is -2.30.